The molecule has 1 aromatic carbocycles. The van der Waals surface area contributed by atoms with Crippen LogP contribution in [0.25, 0.3) is 11.6 Å². The van der Waals surface area contributed by atoms with E-state index in [1.807, 2.05) is 24.3 Å². The lowest BCUT2D eigenvalue weighted by Crippen LogP contribution is -2.23. The van der Waals surface area contributed by atoms with Crippen molar-refractivity contribution < 1.29 is 14.3 Å². The lowest BCUT2D eigenvalue weighted by molar-refractivity contribution is -0.110. The summed E-state index contributed by atoms with van der Waals surface area (Å²) in [5.41, 5.74) is 5.52. The minimum Gasteiger partial charge on any atom is -0.448 e. The molecule has 0 radical (unpaired) electrons. The molecule has 3 fully saturated rings. The van der Waals surface area contributed by atoms with Crippen LogP contribution in [0.3, 0.4) is 0 Å². The van der Waals surface area contributed by atoms with Crippen LogP contribution >= 0.6 is 12.4 Å². The zero-order chi connectivity index (χ0) is 21.7. The van der Waals surface area contributed by atoms with E-state index in [2.05, 4.69) is 27.5 Å². The average molecular weight is 469 g/mol. The maximum atomic E-state index is 12.7. The lowest BCUT2D eigenvalue weighted by Gasteiger charge is -2.15. The third kappa shape index (κ3) is 4.27. The highest BCUT2D eigenvalue weighted by atomic mass is 35.5. The first kappa shape index (κ1) is 22.0. The third-order valence-electron chi connectivity index (χ3n) is 7.36. The van der Waals surface area contributed by atoms with Gasteiger partial charge in [0.15, 0.2) is 0 Å². The van der Waals surface area contributed by atoms with Crippen molar-refractivity contribution in [3.63, 3.8) is 0 Å². The number of amides is 2. The molecule has 4 aliphatic rings. The molecule has 4 heterocycles. The number of ether oxygens (including phenoxy) is 1. The van der Waals surface area contributed by atoms with Gasteiger partial charge in [-0.1, -0.05) is 12.5 Å². The number of carbonyl (C=O) groups is 2. The minimum absolute atomic E-state index is 0. The molecule has 3 aliphatic heterocycles. The number of nitrogens with zero attached hydrogens (tertiary/aromatic N) is 2. The molecular weight excluding hydrogens is 440 g/mol. The quantitative estimate of drug-likeness (QED) is 0.647. The number of halogens is 1. The number of nitrogens with one attached hydrogen (secondary N) is 2. The van der Waals surface area contributed by atoms with Crippen LogP contribution in [0.4, 0.5) is 10.5 Å². The largest absolute Gasteiger partial charge is 0.448 e. The molecule has 8 heteroatoms. The summed E-state index contributed by atoms with van der Waals surface area (Å²) in [6.45, 7) is 4.91. The molecule has 6 rings (SSSR count). The van der Waals surface area contributed by atoms with Crippen LogP contribution in [-0.2, 0) is 22.6 Å². The van der Waals surface area contributed by atoms with Gasteiger partial charge in [-0.2, -0.15) is 0 Å². The summed E-state index contributed by atoms with van der Waals surface area (Å²) in [5, 5.41) is 2.95. The summed E-state index contributed by atoms with van der Waals surface area (Å²) in [6, 6.07) is 8.01. The van der Waals surface area contributed by atoms with Gasteiger partial charge in [0.25, 0.3) is 5.91 Å². The van der Waals surface area contributed by atoms with E-state index in [0.717, 1.165) is 40.9 Å². The van der Waals surface area contributed by atoms with Crippen LogP contribution in [0.2, 0.25) is 0 Å². The number of aromatic amines is 1. The number of hydrogen-bond acceptors (Lipinski definition) is 4. The first-order chi connectivity index (χ1) is 15.6. The normalized spacial score (nSPS) is 25.2. The molecule has 7 nitrogen and oxygen atoms in total. The number of aromatic nitrogens is 1. The second kappa shape index (κ2) is 8.88. The second-order valence-corrected chi connectivity index (χ2v) is 9.54. The van der Waals surface area contributed by atoms with Gasteiger partial charge in [-0.3, -0.25) is 9.69 Å². The standard InChI is InChI=1S/C25H28N4O3.ClH/c30-24-22(21-9-16(4-5-23(21)27-24)13-29-6-7-32-25(29)31)10-20-8-17(11-26-20)12-28-14-18-2-1-3-19(18)15-28;/h4-5,8-11,18-19,26H,1-3,6-7,12-15H2,(H,27,30);1H/t18-,19+;. The summed E-state index contributed by atoms with van der Waals surface area (Å²) in [7, 11) is 0. The van der Waals surface area contributed by atoms with Gasteiger partial charge >= 0.3 is 6.09 Å². The van der Waals surface area contributed by atoms with Gasteiger partial charge in [0, 0.05) is 49.3 Å². The Kier molecular flexibility index (Phi) is 5.93. The number of benzene rings is 1. The van der Waals surface area contributed by atoms with E-state index < -0.39 is 0 Å². The first-order valence-electron chi connectivity index (χ1n) is 11.6. The second-order valence-electron chi connectivity index (χ2n) is 9.54. The molecule has 0 bridgehead atoms. The molecule has 1 aliphatic carbocycles. The Labute approximate surface area is 199 Å². The molecule has 2 N–H and O–H groups in total. The fourth-order valence-corrected chi connectivity index (χ4v) is 5.78. The van der Waals surface area contributed by atoms with Crippen LogP contribution in [0.15, 0.2) is 30.5 Å². The Bertz CT molecular complexity index is 1100. The fourth-order valence-electron chi connectivity index (χ4n) is 5.78. The van der Waals surface area contributed by atoms with E-state index >= 15 is 0 Å². The van der Waals surface area contributed by atoms with E-state index in [9.17, 15) is 9.59 Å². The van der Waals surface area contributed by atoms with Gasteiger partial charge in [0.2, 0.25) is 0 Å². The topological polar surface area (TPSA) is 77.7 Å². The lowest BCUT2D eigenvalue weighted by atomic mass is 10.0. The Hall–Kier alpha value is -2.77. The molecule has 2 saturated heterocycles. The summed E-state index contributed by atoms with van der Waals surface area (Å²) >= 11 is 0. The third-order valence-corrected chi connectivity index (χ3v) is 7.36. The van der Waals surface area contributed by atoms with E-state index in [1.165, 1.54) is 37.9 Å². The van der Waals surface area contributed by atoms with E-state index in [4.69, 9.17) is 4.74 Å². The van der Waals surface area contributed by atoms with Crippen molar-refractivity contribution in [1.29, 1.82) is 0 Å². The molecule has 0 spiro atoms. The highest BCUT2D eigenvalue weighted by molar-refractivity contribution is 6.34. The van der Waals surface area contributed by atoms with Crippen molar-refractivity contribution in [2.75, 3.05) is 31.6 Å². The molecule has 0 unspecified atom stereocenters. The molecule has 1 saturated carbocycles. The predicted octanol–water partition coefficient (Wildman–Crippen LogP) is 4.11. The average Bonchev–Trinajstić information content (AvgIpc) is 3.57. The van der Waals surface area contributed by atoms with Crippen molar-refractivity contribution in [3.8, 4) is 0 Å². The summed E-state index contributed by atoms with van der Waals surface area (Å²) < 4.78 is 5.02. The highest BCUT2D eigenvalue weighted by Crippen LogP contribution is 2.38. The Morgan fingerprint density at radius 3 is 2.64 bits per heavy atom. The van der Waals surface area contributed by atoms with Crippen molar-refractivity contribution in [1.82, 2.24) is 14.8 Å². The van der Waals surface area contributed by atoms with Crippen LogP contribution in [0.5, 0.6) is 0 Å². The number of rotatable bonds is 5. The van der Waals surface area contributed by atoms with E-state index in [-0.39, 0.29) is 24.4 Å². The number of hydrogen-bond donors (Lipinski definition) is 2. The zero-order valence-electron chi connectivity index (χ0n) is 18.5. The van der Waals surface area contributed by atoms with E-state index in [1.54, 1.807) is 4.90 Å². The number of H-pyrrole nitrogens is 1. The summed E-state index contributed by atoms with van der Waals surface area (Å²) in [6.07, 6.45) is 7.89. The number of cyclic esters (lactones) is 1. The van der Waals surface area contributed by atoms with Gasteiger partial charge < -0.3 is 19.9 Å². The minimum atomic E-state index is -0.281. The number of anilines is 1. The van der Waals surface area contributed by atoms with Crippen molar-refractivity contribution in [2.24, 2.45) is 11.8 Å². The van der Waals surface area contributed by atoms with E-state index in [0.29, 0.717) is 25.3 Å². The number of carbonyl (C=O) groups excluding carboxylic acids is 2. The van der Waals surface area contributed by atoms with Crippen LogP contribution in [0, 0.1) is 11.8 Å². The monoisotopic (exact) mass is 468 g/mol. The van der Waals surface area contributed by atoms with Gasteiger partial charge in [-0.15, -0.1) is 12.4 Å². The maximum absolute atomic E-state index is 12.7. The maximum Gasteiger partial charge on any atom is 0.410 e. The Morgan fingerprint density at radius 2 is 1.88 bits per heavy atom. The van der Waals surface area contributed by atoms with Gasteiger partial charge in [-0.25, -0.2) is 4.79 Å². The smallest absolute Gasteiger partial charge is 0.410 e. The predicted molar refractivity (Wildman–Crippen MR) is 129 cm³/mol. The van der Waals surface area contributed by atoms with Crippen molar-refractivity contribution in [2.45, 2.75) is 32.4 Å². The van der Waals surface area contributed by atoms with Crippen LogP contribution in [0.1, 0.15) is 41.6 Å². The first-order valence-corrected chi connectivity index (χ1v) is 11.6. The number of likely N-dealkylation sites (tertiary alicyclic amines) is 1. The Balaban J connectivity index is 0.00000228. The zero-order valence-corrected chi connectivity index (χ0v) is 19.3. The van der Waals surface area contributed by atoms with Gasteiger partial charge in [-0.05, 0) is 60.1 Å². The van der Waals surface area contributed by atoms with Crippen molar-refractivity contribution >= 4 is 41.7 Å². The summed E-state index contributed by atoms with van der Waals surface area (Å²) in [4.78, 5) is 32.0. The highest BCUT2D eigenvalue weighted by Gasteiger charge is 2.35. The molecule has 33 heavy (non-hydrogen) atoms. The molecular formula is C25H29ClN4O3. The van der Waals surface area contributed by atoms with Gasteiger partial charge in [0.05, 0.1) is 12.1 Å². The number of fused-ring (bicyclic) bond motifs is 2. The summed E-state index contributed by atoms with van der Waals surface area (Å²) in [5.74, 6) is 1.69. The van der Waals surface area contributed by atoms with Crippen LogP contribution in [-0.4, -0.2) is 53.0 Å². The Morgan fingerprint density at radius 1 is 1.06 bits per heavy atom. The molecule has 2 amide bonds. The molecule has 2 aromatic rings. The van der Waals surface area contributed by atoms with Crippen LogP contribution < -0.4 is 5.32 Å². The SMILES string of the molecule is Cl.O=C1Nc2ccc(CN3CCOC3=O)cc2C1=Cc1cc(CN2C[C@H]3CCC[C@H]3C2)c[nH]1. The molecule has 1 aromatic heterocycles. The molecule has 2 atom stereocenters. The van der Waals surface area contributed by atoms with Gasteiger partial charge in [0.1, 0.15) is 6.61 Å². The van der Waals surface area contributed by atoms with Crippen molar-refractivity contribution in [3.05, 3.63) is 52.8 Å². The molecule has 174 valence electrons. The fraction of sp³-hybridized carbons (Fsp3) is 0.440.